The zero-order chi connectivity index (χ0) is 23.9. The molecule has 2 aromatic carbocycles. The minimum atomic E-state index is -0.429. The van der Waals surface area contributed by atoms with Crippen LogP contribution in [0.5, 0.6) is 0 Å². The fourth-order valence-electron chi connectivity index (χ4n) is 3.70. The minimum absolute atomic E-state index is 0.164. The Kier molecular flexibility index (Phi) is 7.28. The molecule has 0 saturated carbocycles. The monoisotopic (exact) mass is 464 g/mol. The highest BCUT2D eigenvalue weighted by molar-refractivity contribution is 5.90. The lowest BCUT2D eigenvalue weighted by Crippen LogP contribution is -2.17. The number of nitrogens with one attached hydrogen (secondary N) is 3. The van der Waals surface area contributed by atoms with Crippen molar-refractivity contribution >= 4 is 28.7 Å². The van der Waals surface area contributed by atoms with Gasteiger partial charge in [-0.3, -0.25) is 19.9 Å². The van der Waals surface area contributed by atoms with Crippen LogP contribution < -0.4 is 10.8 Å². The highest BCUT2D eigenvalue weighted by Gasteiger charge is 2.11. The Bertz CT molecular complexity index is 1300. The van der Waals surface area contributed by atoms with Crippen molar-refractivity contribution in [1.82, 2.24) is 25.2 Å². The van der Waals surface area contributed by atoms with E-state index in [2.05, 4.69) is 20.5 Å². The summed E-state index contributed by atoms with van der Waals surface area (Å²) < 4.78 is 16.0. The second-order valence-corrected chi connectivity index (χ2v) is 7.98. The van der Waals surface area contributed by atoms with Crippen LogP contribution >= 0.6 is 0 Å². The second-order valence-electron chi connectivity index (χ2n) is 7.98. The van der Waals surface area contributed by atoms with Crippen LogP contribution in [0.15, 0.2) is 54.9 Å². The summed E-state index contributed by atoms with van der Waals surface area (Å²) in [4.78, 5) is 27.5. The van der Waals surface area contributed by atoms with Crippen molar-refractivity contribution in [3.8, 4) is 11.3 Å². The quantitative estimate of drug-likeness (QED) is 0.160. The van der Waals surface area contributed by atoms with Crippen LogP contribution in [0.3, 0.4) is 0 Å². The zero-order valence-corrected chi connectivity index (χ0v) is 18.4. The molecule has 0 aliphatic carbocycles. The number of halogens is 1. The van der Waals surface area contributed by atoms with E-state index in [1.807, 2.05) is 22.8 Å². The van der Waals surface area contributed by atoms with Crippen molar-refractivity contribution in [1.29, 1.82) is 0 Å². The SMILES string of the molecule is O=C(CCCCCC(=O)Nc1cc(-c2ccc3ncn(Cc4ccccc4F)c3c2)[nH]n1)NO. The highest BCUT2D eigenvalue weighted by Crippen LogP contribution is 2.25. The summed E-state index contributed by atoms with van der Waals surface area (Å²) >= 11 is 0. The summed E-state index contributed by atoms with van der Waals surface area (Å²) in [6.07, 6.45) is 4.16. The summed E-state index contributed by atoms with van der Waals surface area (Å²) in [5.41, 5.74) is 5.41. The number of anilines is 1. The van der Waals surface area contributed by atoms with E-state index in [0.29, 0.717) is 43.6 Å². The van der Waals surface area contributed by atoms with Crippen LogP contribution in [0.4, 0.5) is 10.2 Å². The number of fused-ring (bicyclic) bond motifs is 1. The summed E-state index contributed by atoms with van der Waals surface area (Å²) in [5, 5.41) is 18.3. The van der Waals surface area contributed by atoms with E-state index in [9.17, 15) is 14.0 Å². The van der Waals surface area contributed by atoms with Gasteiger partial charge in [0, 0.05) is 30.0 Å². The molecule has 0 atom stereocenters. The van der Waals surface area contributed by atoms with Gasteiger partial charge in [-0.1, -0.05) is 30.7 Å². The molecule has 34 heavy (non-hydrogen) atoms. The first-order chi connectivity index (χ1) is 16.5. The van der Waals surface area contributed by atoms with Crippen molar-refractivity contribution in [2.75, 3.05) is 5.32 Å². The van der Waals surface area contributed by atoms with Gasteiger partial charge in [0.25, 0.3) is 0 Å². The molecule has 10 heteroatoms. The molecule has 0 radical (unpaired) electrons. The van der Waals surface area contributed by atoms with Gasteiger partial charge in [-0.2, -0.15) is 5.10 Å². The van der Waals surface area contributed by atoms with Crippen molar-refractivity contribution < 1.29 is 19.2 Å². The Morgan fingerprint density at radius 1 is 1.03 bits per heavy atom. The van der Waals surface area contributed by atoms with Crippen LogP contribution in [0.1, 0.15) is 37.7 Å². The lowest BCUT2D eigenvalue weighted by molar-refractivity contribution is -0.129. The predicted molar refractivity (Wildman–Crippen MR) is 124 cm³/mol. The van der Waals surface area contributed by atoms with Crippen molar-refractivity contribution in [2.45, 2.75) is 38.6 Å². The first-order valence-electron chi connectivity index (χ1n) is 11.0. The number of hydrogen-bond donors (Lipinski definition) is 4. The van der Waals surface area contributed by atoms with Crippen molar-refractivity contribution in [2.24, 2.45) is 0 Å². The van der Waals surface area contributed by atoms with E-state index in [4.69, 9.17) is 5.21 Å². The molecule has 4 rings (SSSR count). The molecule has 2 amide bonds. The smallest absolute Gasteiger partial charge is 0.243 e. The number of aromatic amines is 1. The molecule has 9 nitrogen and oxygen atoms in total. The topological polar surface area (TPSA) is 125 Å². The summed E-state index contributed by atoms with van der Waals surface area (Å²) in [6.45, 7) is 0.363. The number of aromatic nitrogens is 4. The number of amides is 2. The first-order valence-corrected chi connectivity index (χ1v) is 11.0. The zero-order valence-electron chi connectivity index (χ0n) is 18.4. The molecule has 176 valence electrons. The van der Waals surface area contributed by atoms with Gasteiger partial charge in [0.1, 0.15) is 5.82 Å². The van der Waals surface area contributed by atoms with Gasteiger partial charge in [-0.15, -0.1) is 0 Å². The fourth-order valence-corrected chi connectivity index (χ4v) is 3.70. The van der Waals surface area contributed by atoms with Crippen LogP contribution in [-0.4, -0.2) is 36.8 Å². The van der Waals surface area contributed by atoms with Crippen molar-refractivity contribution in [3.63, 3.8) is 0 Å². The van der Waals surface area contributed by atoms with Crippen LogP contribution in [0.25, 0.3) is 22.3 Å². The normalized spacial score (nSPS) is 11.0. The predicted octanol–water partition coefficient (Wildman–Crippen LogP) is 4.01. The fraction of sp³-hybridized carbons (Fsp3) is 0.250. The third-order valence-electron chi connectivity index (χ3n) is 5.51. The van der Waals surface area contributed by atoms with Crippen LogP contribution in [-0.2, 0) is 16.1 Å². The number of benzene rings is 2. The Morgan fingerprint density at radius 2 is 1.82 bits per heavy atom. The Hall–Kier alpha value is -4.05. The molecular weight excluding hydrogens is 439 g/mol. The molecule has 0 aliphatic rings. The van der Waals surface area contributed by atoms with Gasteiger partial charge in [-0.25, -0.2) is 14.9 Å². The third-order valence-corrected chi connectivity index (χ3v) is 5.51. The minimum Gasteiger partial charge on any atom is -0.326 e. The summed E-state index contributed by atoms with van der Waals surface area (Å²) in [7, 11) is 0. The largest absolute Gasteiger partial charge is 0.326 e. The number of nitrogens with zero attached hydrogens (tertiary/aromatic N) is 3. The van der Waals surface area contributed by atoms with E-state index in [-0.39, 0.29) is 18.1 Å². The van der Waals surface area contributed by atoms with Gasteiger partial charge in [0.05, 0.1) is 29.6 Å². The van der Waals surface area contributed by atoms with Gasteiger partial charge >= 0.3 is 0 Å². The van der Waals surface area contributed by atoms with E-state index in [0.717, 1.165) is 22.3 Å². The maximum atomic E-state index is 14.1. The van der Waals surface area contributed by atoms with Gasteiger partial charge in [-0.05, 0) is 31.0 Å². The molecule has 2 heterocycles. The lowest BCUT2D eigenvalue weighted by atomic mass is 10.1. The summed E-state index contributed by atoms with van der Waals surface area (Å²) in [5.74, 6) is -0.435. The number of carbonyl (C=O) groups is 2. The van der Waals surface area contributed by atoms with E-state index < -0.39 is 5.91 Å². The Balaban J connectivity index is 1.38. The number of carbonyl (C=O) groups excluding carboxylic acids is 2. The number of rotatable bonds is 10. The maximum absolute atomic E-state index is 14.1. The average Bonchev–Trinajstić information content (AvgIpc) is 3.47. The second kappa shape index (κ2) is 10.7. The molecule has 0 saturated heterocycles. The Labute approximate surface area is 195 Å². The number of H-pyrrole nitrogens is 1. The third kappa shape index (κ3) is 5.65. The van der Waals surface area contributed by atoms with E-state index in [1.54, 1.807) is 36.1 Å². The van der Waals surface area contributed by atoms with Gasteiger partial charge in [0.15, 0.2) is 5.82 Å². The van der Waals surface area contributed by atoms with Crippen molar-refractivity contribution in [3.05, 3.63) is 66.2 Å². The molecule has 4 aromatic rings. The molecule has 0 fully saturated rings. The van der Waals surface area contributed by atoms with Gasteiger partial charge < -0.3 is 9.88 Å². The maximum Gasteiger partial charge on any atom is 0.243 e. The summed E-state index contributed by atoms with van der Waals surface area (Å²) in [6, 6.07) is 14.2. The molecule has 0 aliphatic heterocycles. The number of imidazole rings is 1. The van der Waals surface area contributed by atoms with E-state index >= 15 is 0 Å². The highest BCUT2D eigenvalue weighted by atomic mass is 19.1. The van der Waals surface area contributed by atoms with Gasteiger partial charge in [0.2, 0.25) is 11.8 Å². The Morgan fingerprint density at radius 3 is 2.62 bits per heavy atom. The molecular formula is C24H25FN6O3. The average molecular weight is 465 g/mol. The number of hydroxylamine groups is 1. The molecule has 2 aromatic heterocycles. The number of hydrogen-bond acceptors (Lipinski definition) is 5. The lowest BCUT2D eigenvalue weighted by Gasteiger charge is -2.06. The molecule has 0 spiro atoms. The van der Waals surface area contributed by atoms with E-state index in [1.165, 1.54) is 6.07 Å². The number of unbranched alkanes of at least 4 members (excludes halogenated alkanes) is 2. The molecule has 0 bridgehead atoms. The standard InChI is InChI=1S/C24H25FN6O3/c25-18-7-5-4-6-17(18)14-31-15-26-19-11-10-16(12-21(19)31)20-13-22(29-28-20)27-23(32)8-2-1-3-9-24(33)30-34/h4-7,10-13,15,34H,1-3,8-9,14H2,(H,30,33)(H2,27,28,29,32). The molecule has 4 N–H and O–H groups in total. The molecule has 0 unspecified atom stereocenters. The van der Waals surface area contributed by atoms with Crippen LogP contribution in [0.2, 0.25) is 0 Å². The first kappa shape index (κ1) is 23.1. The van der Waals surface area contributed by atoms with Crippen LogP contribution in [0, 0.1) is 5.82 Å².